The average molecular weight is 396 g/mol. The Labute approximate surface area is 178 Å². The van der Waals surface area contributed by atoms with Crippen LogP contribution in [0, 0.1) is 0 Å². The molecule has 1 heterocycles. The number of carbonyl (C=O) groups excluding carboxylic acids is 2. The Hall–Kier alpha value is -3.98. The third-order valence-corrected chi connectivity index (χ3v) is 4.13. The minimum Gasteiger partial charge on any atom is -0.269 e. The Bertz CT molecular complexity index is 989. The molecule has 1 aliphatic heterocycles. The van der Waals surface area contributed by atoms with Crippen molar-refractivity contribution in [2.45, 2.75) is 6.92 Å². The highest BCUT2D eigenvalue weighted by molar-refractivity contribution is 6.28. The lowest BCUT2D eigenvalue weighted by Gasteiger charge is -2.12. The van der Waals surface area contributed by atoms with Crippen molar-refractivity contribution in [3.05, 3.63) is 127 Å². The maximum absolute atomic E-state index is 11.2. The fraction of sp³-hybridized carbons (Fsp3) is 0.0370. The summed E-state index contributed by atoms with van der Waals surface area (Å²) in [5.41, 5.74) is 4.13. The van der Waals surface area contributed by atoms with E-state index in [1.807, 2.05) is 67.6 Å². The van der Waals surface area contributed by atoms with Crippen molar-refractivity contribution in [3.63, 3.8) is 0 Å². The van der Waals surface area contributed by atoms with E-state index in [2.05, 4.69) is 25.3 Å². The molecule has 3 heteroatoms. The second kappa shape index (κ2) is 11.8. The highest BCUT2D eigenvalue weighted by Gasteiger charge is 2.24. The Kier molecular flexibility index (Phi) is 8.75. The van der Waals surface area contributed by atoms with Crippen LogP contribution in [-0.4, -0.2) is 11.8 Å². The van der Waals surface area contributed by atoms with Gasteiger partial charge in [0.1, 0.15) is 0 Å². The molecule has 0 radical (unpaired) electrons. The molecule has 0 N–H and O–H groups in total. The number of nitrogens with zero attached hydrogens (tertiary/aromatic N) is 1. The van der Waals surface area contributed by atoms with Crippen LogP contribution in [0.3, 0.4) is 0 Å². The van der Waals surface area contributed by atoms with Crippen LogP contribution in [-0.2, 0) is 9.59 Å². The van der Waals surface area contributed by atoms with Crippen LogP contribution in [0.4, 0.5) is 5.69 Å². The second-order valence-corrected chi connectivity index (χ2v) is 6.44. The fourth-order valence-electron chi connectivity index (χ4n) is 2.54. The van der Waals surface area contributed by atoms with E-state index in [1.54, 1.807) is 24.3 Å². The maximum atomic E-state index is 11.2. The molecule has 150 valence electrons. The second-order valence-electron chi connectivity index (χ2n) is 6.44. The number of amides is 2. The molecule has 4 rings (SSSR count). The third kappa shape index (κ3) is 6.88. The van der Waals surface area contributed by atoms with Crippen molar-refractivity contribution in [1.29, 1.82) is 0 Å². The predicted molar refractivity (Wildman–Crippen MR) is 126 cm³/mol. The minimum atomic E-state index is -0.281. The molecule has 0 atom stereocenters. The van der Waals surface area contributed by atoms with Crippen molar-refractivity contribution in [2.24, 2.45) is 0 Å². The van der Waals surface area contributed by atoms with Gasteiger partial charge in [-0.1, -0.05) is 104 Å². The van der Waals surface area contributed by atoms with Crippen molar-refractivity contribution >= 4 is 29.2 Å². The van der Waals surface area contributed by atoms with E-state index in [0.29, 0.717) is 5.69 Å². The number of hydrogen-bond donors (Lipinski definition) is 0. The molecular weight excluding hydrogens is 370 g/mol. The molecular formula is C27H25NO2. The molecule has 0 aliphatic carbocycles. The standard InChI is InChI=1S/C10H7NO2.C9H10.C8H8/c12-9-6-7-10(13)11(9)8-4-2-1-3-5-8;1-8(2)9-6-4-3-5-7-9;1-2-8-6-4-3-5-7-8/h1-7H;3-7H,1H2,2H3;2-7H,1H2. The van der Waals surface area contributed by atoms with Crippen LogP contribution in [0.2, 0.25) is 0 Å². The van der Waals surface area contributed by atoms with E-state index in [4.69, 9.17) is 0 Å². The van der Waals surface area contributed by atoms with Gasteiger partial charge in [-0.2, -0.15) is 0 Å². The zero-order valence-corrected chi connectivity index (χ0v) is 17.1. The van der Waals surface area contributed by atoms with E-state index in [9.17, 15) is 9.59 Å². The summed E-state index contributed by atoms with van der Waals surface area (Å²) in [6.07, 6.45) is 4.38. The topological polar surface area (TPSA) is 37.4 Å². The van der Waals surface area contributed by atoms with Gasteiger partial charge in [-0.25, -0.2) is 4.90 Å². The number of benzene rings is 3. The Morgan fingerprint density at radius 1 is 0.733 bits per heavy atom. The number of anilines is 1. The van der Waals surface area contributed by atoms with Crippen molar-refractivity contribution in [2.75, 3.05) is 4.90 Å². The van der Waals surface area contributed by atoms with Gasteiger partial charge >= 0.3 is 0 Å². The molecule has 0 fully saturated rings. The van der Waals surface area contributed by atoms with Crippen LogP contribution >= 0.6 is 0 Å². The fourth-order valence-corrected chi connectivity index (χ4v) is 2.54. The Balaban J connectivity index is 0.000000167. The van der Waals surface area contributed by atoms with Crippen molar-refractivity contribution in [3.8, 4) is 0 Å². The number of allylic oxidation sites excluding steroid dienone is 1. The average Bonchev–Trinajstić information content (AvgIpc) is 3.14. The zero-order chi connectivity index (χ0) is 21.8. The molecule has 3 nitrogen and oxygen atoms in total. The number of imide groups is 1. The first-order chi connectivity index (χ1) is 14.5. The Morgan fingerprint density at radius 2 is 1.17 bits per heavy atom. The number of rotatable bonds is 3. The summed E-state index contributed by atoms with van der Waals surface area (Å²) in [5.74, 6) is -0.563. The monoisotopic (exact) mass is 395 g/mol. The zero-order valence-electron chi connectivity index (χ0n) is 17.1. The largest absolute Gasteiger partial charge is 0.269 e. The summed E-state index contributed by atoms with van der Waals surface area (Å²) in [4.78, 5) is 23.5. The molecule has 3 aromatic rings. The minimum absolute atomic E-state index is 0.281. The summed E-state index contributed by atoms with van der Waals surface area (Å²) < 4.78 is 0. The lowest BCUT2D eigenvalue weighted by Crippen LogP contribution is -2.29. The van der Waals surface area contributed by atoms with Gasteiger partial charge in [-0.3, -0.25) is 9.59 Å². The number of hydrogen-bond acceptors (Lipinski definition) is 2. The maximum Gasteiger partial charge on any atom is 0.258 e. The molecule has 0 saturated heterocycles. The van der Waals surface area contributed by atoms with E-state index >= 15 is 0 Å². The summed E-state index contributed by atoms with van der Waals surface area (Å²) >= 11 is 0. The molecule has 0 spiro atoms. The highest BCUT2D eigenvalue weighted by atomic mass is 16.2. The summed E-state index contributed by atoms with van der Waals surface area (Å²) in [5, 5.41) is 0. The lowest BCUT2D eigenvalue weighted by atomic mass is 10.1. The van der Waals surface area contributed by atoms with Crippen molar-refractivity contribution < 1.29 is 9.59 Å². The van der Waals surface area contributed by atoms with Gasteiger partial charge in [0.15, 0.2) is 0 Å². The molecule has 2 amide bonds. The predicted octanol–water partition coefficient (Wildman–Crippen LogP) is 6.17. The van der Waals surface area contributed by atoms with Crippen LogP contribution < -0.4 is 4.90 Å². The lowest BCUT2D eigenvalue weighted by molar-refractivity contribution is -0.119. The van der Waals surface area contributed by atoms with Gasteiger partial charge in [-0.05, 0) is 30.2 Å². The van der Waals surface area contributed by atoms with Crippen molar-refractivity contribution in [1.82, 2.24) is 0 Å². The van der Waals surface area contributed by atoms with Gasteiger partial charge in [0, 0.05) is 12.2 Å². The van der Waals surface area contributed by atoms with Gasteiger partial charge in [0.2, 0.25) is 0 Å². The van der Waals surface area contributed by atoms with Crippen LogP contribution in [0.15, 0.2) is 116 Å². The quantitative estimate of drug-likeness (QED) is 0.498. The van der Waals surface area contributed by atoms with Crippen LogP contribution in [0.25, 0.3) is 11.6 Å². The molecule has 0 bridgehead atoms. The summed E-state index contributed by atoms with van der Waals surface area (Å²) in [6, 6.07) is 29.0. The number of carbonyl (C=O) groups is 2. The molecule has 3 aromatic carbocycles. The first kappa shape index (κ1) is 22.3. The van der Waals surface area contributed by atoms with Gasteiger partial charge < -0.3 is 0 Å². The van der Waals surface area contributed by atoms with Crippen LogP contribution in [0.5, 0.6) is 0 Å². The first-order valence-corrected chi connectivity index (χ1v) is 9.52. The Morgan fingerprint density at radius 3 is 1.53 bits per heavy atom. The van der Waals surface area contributed by atoms with E-state index in [0.717, 1.165) is 10.5 Å². The molecule has 1 aliphatic rings. The first-order valence-electron chi connectivity index (χ1n) is 9.52. The summed E-state index contributed by atoms with van der Waals surface area (Å²) in [6.45, 7) is 9.47. The molecule has 0 unspecified atom stereocenters. The van der Waals surface area contributed by atoms with Gasteiger partial charge in [0.25, 0.3) is 11.8 Å². The van der Waals surface area contributed by atoms with Gasteiger partial charge in [0.05, 0.1) is 5.69 Å². The van der Waals surface area contributed by atoms with Crippen LogP contribution in [0.1, 0.15) is 18.1 Å². The molecule has 30 heavy (non-hydrogen) atoms. The normalized spacial score (nSPS) is 11.7. The number of para-hydroxylation sites is 1. The molecule has 0 saturated carbocycles. The summed E-state index contributed by atoms with van der Waals surface area (Å²) in [7, 11) is 0. The van der Waals surface area contributed by atoms with E-state index in [-0.39, 0.29) is 11.8 Å². The smallest absolute Gasteiger partial charge is 0.258 e. The molecule has 0 aromatic heterocycles. The van der Waals surface area contributed by atoms with E-state index in [1.165, 1.54) is 23.3 Å². The third-order valence-electron chi connectivity index (χ3n) is 4.13. The highest BCUT2D eigenvalue weighted by Crippen LogP contribution is 2.17. The van der Waals surface area contributed by atoms with E-state index < -0.39 is 0 Å². The SMILES string of the molecule is C=C(C)c1ccccc1.C=Cc1ccccc1.O=C1C=CC(=O)N1c1ccccc1. The van der Waals surface area contributed by atoms with Gasteiger partial charge in [-0.15, -0.1) is 0 Å².